The van der Waals surface area contributed by atoms with Crippen molar-refractivity contribution >= 4 is 47.3 Å². The van der Waals surface area contributed by atoms with Gasteiger partial charge in [-0.3, -0.25) is 33.8 Å². The van der Waals surface area contributed by atoms with Crippen LogP contribution in [0.1, 0.15) is 55.6 Å². The van der Waals surface area contributed by atoms with E-state index in [2.05, 4.69) is 48.8 Å². The van der Waals surface area contributed by atoms with E-state index < -0.39 is 59.7 Å². The summed E-state index contributed by atoms with van der Waals surface area (Å²) in [6.07, 6.45) is 5.00. The van der Waals surface area contributed by atoms with Crippen LogP contribution >= 0.6 is 0 Å². The minimum absolute atomic E-state index is 0.0000882. The Morgan fingerprint density at radius 2 is 0.925 bits per heavy atom. The molecule has 4 rings (SSSR count). The van der Waals surface area contributed by atoms with E-state index in [9.17, 15) is 33.6 Å². The number of aromatic nitrogens is 6. The van der Waals surface area contributed by atoms with Crippen LogP contribution in [0, 0.1) is 12.8 Å². The summed E-state index contributed by atoms with van der Waals surface area (Å²) >= 11 is 0. The number of nitrogens with two attached hydrogens (primary N) is 1. The van der Waals surface area contributed by atoms with Gasteiger partial charge in [-0.05, 0) is 48.9 Å². The van der Waals surface area contributed by atoms with Crippen molar-refractivity contribution in [2.24, 2.45) is 11.7 Å². The molecule has 1 aliphatic rings. The molecule has 0 saturated carbocycles. The van der Waals surface area contributed by atoms with E-state index in [1.807, 2.05) is 0 Å². The van der Waals surface area contributed by atoms with Crippen molar-refractivity contribution < 1.29 is 119 Å². The fraction of sp³-hybridized carbons (Fsp3) is 0.710. The molecule has 2 aromatic heterocycles. The van der Waals surface area contributed by atoms with Gasteiger partial charge < -0.3 is 112 Å². The third-order valence-electron chi connectivity index (χ3n) is 14.9. The zero-order chi connectivity index (χ0) is 77.0. The van der Waals surface area contributed by atoms with Crippen molar-refractivity contribution in [3.63, 3.8) is 0 Å². The largest absolute Gasteiger partial charge is 0.443 e. The van der Waals surface area contributed by atoms with Gasteiger partial charge in [0.2, 0.25) is 17.7 Å². The fourth-order valence-electron chi connectivity index (χ4n) is 9.27. The second-order valence-electron chi connectivity index (χ2n) is 23.7. The van der Waals surface area contributed by atoms with Crippen LogP contribution in [-0.4, -0.2) is 332 Å². The van der Waals surface area contributed by atoms with Crippen LogP contribution < -0.4 is 27.0 Å². The van der Waals surface area contributed by atoms with Crippen LogP contribution in [0.3, 0.4) is 0 Å². The molecule has 0 unspecified atom stereocenters. The number of nitrogens with one attached hydrogen (secondary N) is 4. The minimum Gasteiger partial charge on any atom is -0.443 e. The Morgan fingerprint density at radius 1 is 0.514 bits per heavy atom. The summed E-state index contributed by atoms with van der Waals surface area (Å²) in [5.74, 6) is -3.15. The predicted molar refractivity (Wildman–Crippen MR) is 381 cm³/mol. The molecule has 0 spiro atoms. The first-order valence-electron chi connectivity index (χ1n) is 35.9. The third-order valence-corrected chi connectivity index (χ3v) is 14.9. The van der Waals surface area contributed by atoms with Gasteiger partial charge in [0.05, 0.1) is 250 Å². The van der Waals surface area contributed by atoms with Gasteiger partial charge in [0.25, 0.3) is 11.8 Å². The molecule has 107 heavy (non-hydrogen) atoms. The normalized spacial score (nSPS) is 12.7. The number of rotatable bonds is 70. The van der Waals surface area contributed by atoms with Gasteiger partial charge >= 0.3 is 12.1 Å². The standard InChI is InChI=1S/C69H114N13O25/c1-55(2)65(74-62(83)12-17-92-20-16-82-63(84)10-11-64(82)85)67(87)73-61(7-6-13-71-68(70)88)66(86)72-58-9-8-56(3)57(49-58)50-79(51-59-52-80(77-75-59)14-18-93-25-27-97-33-35-101-41-43-105-47-45-103-39-37-99-31-29-95-23-21-90-4)69(89)107-54-60-53-81(78-76-60)15-19-94-26-28-98-34-36-102-42-44-106-48-46-104-40-38-100-32-30-96-24-22-91-5/h8-11,49,52-53,55,61,65H,3,6-7,12-48,50-51,54H2,1-2,4-5H3,(H,72,86)(H,73,87)(H,74,83)(H3,70,71,88)/t61-,65-/m0/s1. The molecule has 2 atom stereocenters. The molecule has 3 aromatic rings. The van der Waals surface area contributed by atoms with E-state index in [0.717, 1.165) is 17.1 Å². The molecule has 1 aliphatic heterocycles. The molecule has 8 amide bonds. The molecule has 0 aliphatic carbocycles. The van der Waals surface area contributed by atoms with E-state index in [1.165, 1.54) is 4.90 Å². The molecule has 0 fully saturated rings. The Bertz CT molecular complexity index is 2900. The van der Waals surface area contributed by atoms with Crippen molar-refractivity contribution in [3.8, 4) is 0 Å². The zero-order valence-electron chi connectivity index (χ0n) is 62.5. The quantitative estimate of drug-likeness (QED) is 0.0374. The van der Waals surface area contributed by atoms with Crippen LogP contribution in [0.25, 0.3) is 0 Å². The lowest BCUT2D eigenvalue weighted by Crippen LogP contribution is -2.54. The molecule has 0 bridgehead atoms. The second kappa shape index (κ2) is 60.5. The third kappa shape index (κ3) is 45.3. The van der Waals surface area contributed by atoms with E-state index in [1.54, 1.807) is 68.0 Å². The number of amides is 8. The summed E-state index contributed by atoms with van der Waals surface area (Å²) in [5.41, 5.74) is 7.36. The summed E-state index contributed by atoms with van der Waals surface area (Å²) in [6.45, 7) is 21.0. The van der Waals surface area contributed by atoms with Gasteiger partial charge in [0.1, 0.15) is 30.1 Å². The molecule has 1 radical (unpaired) electrons. The number of nitrogens with zero attached hydrogens (tertiary/aromatic N) is 8. The van der Waals surface area contributed by atoms with Crippen LogP contribution in [0.5, 0.6) is 0 Å². The van der Waals surface area contributed by atoms with E-state index in [4.69, 9.17) is 91.0 Å². The molecular formula is C69H114N13O25. The Labute approximate surface area is 625 Å². The maximum absolute atomic E-state index is 14.2. The van der Waals surface area contributed by atoms with Gasteiger partial charge in [-0.15, -0.1) is 10.2 Å². The molecule has 6 N–H and O–H groups in total. The first-order valence-corrected chi connectivity index (χ1v) is 35.9. The predicted octanol–water partition coefficient (Wildman–Crippen LogP) is 0.260. The minimum atomic E-state index is -1.18. The molecule has 38 nitrogen and oxygen atoms in total. The smallest absolute Gasteiger partial charge is 0.410 e. The highest BCUT2D eigenvalue weighted by atomic mass is 16.6. The SMILES string of the molecule is [CH2]c1ccc(NC(=O)[C@H](CCCNC(N)=O)NC(=O)[C@@H](NC(=O)CCOCCN2C(=O)C=CC2=O)C(C)C)cc1CN(Cc1cn(CCOCCOCCOCCOCCOCCOCCOCCOC)nn1)C(=O)OCc1cn(CCOCCOCCOCCOCCOCCOCCOCCOC)nn1. The monoisotopic (exact) mass is 1520 g/mol. The summed E-state index contributed by atoms with van der Waals surface area (Å²) in [7, 11) is 3.25. The Morgan fingerprint density at radius 3 is 1.36 bits per heavy atom. The van der Waals surface area contributed by atoms with E-state index in [0.29, 0.717) is 227 Å². The lowest BCUT2D eigenvalue weighted by molar-refractivity contribution is -0.138. The Kier molecular flexibility index (Phi) is 52.1. The summed E-state index contributed by atoms with van der Waals surface area (Å²) < 4.78 is 102. The van der Waals surface area contributed by atoms with E-state index in [-0.39, 0.29) is 77.6 Å². The van der Waals surface area contributed by atoms with Gasteiger partial charge in [-0.25, -0.2) is 19.0 Å². The number of methoxy groups -OCH3 is 2. The van der Waals surface area contributed by atoms with Gasteiger partial charge in [0, 0.05) is 51.6 Å². The summed E-state index contributed by atoms with van der Waals surface area (Å²) in [4.78, 5) is 93.1. The maximum atomic E-state index is 14.2. The first-order chi connectivity index (χ1) is 52.2. The first kappa shape index (κ1) is 92.0. The highest BCUT2D eigenvalue weighted by molar-refractivity contribution is 6.12. The van der Waals surface area contributed by atoms with Gasteiger partial charge in [-0.1, -0.05) is 30.3 Å². The molecule has 3 heterocycles. The number of benzene rings is 1. The number of primary amides is 1. The molecule has 605 valence electrons. The molecule has 0 saturated heterocycles. The van der Waals surface area contributed by atoms with Gasteiger partial charge in [-0.2, -0.15) is 0 Å². The number of hydrogen-bond donors (Lipinski definition) is 5. The maximum Gasteiger partial charge on any atom is 0.410 e. The molecule has 38 heteroatoms. The zero-order valence-corrected chi connectivity index (χ0v) is 62.5. The van der Waals surface area contributed by atoms with E-state index >= 15 is 0 Å². The summed E-state index contributed by atoms with van der Waals surface area (Å²) in [5, 5.41) is 27.8. The van der Waals surface area contributed by atoms with Gasteiger partial charge in [0.15, 0.2) is 0 Å². The van der Waals surface area contributed by atoms with Crippen LogP contribution in [0.4, 0.5) is 15.3 Å². The summed E-state index contributed by atoms with van der Waals surface area (Å²) in [6, 6.07) is 1.86. The average Bonchev–Trinajstić information content (AvgIpc) is 1.78. The Balaban J connectivity index is 1.26. The number of anilines is 1. The molecular weight excluding hydrogens is 1410 g/mol. The number of carbonyl (C=O) groups is 7. The number of hydrogen-bond acceptors (Lipinski definition) is 29. The van der Waals surface area contributed by atoms with Crippen molar-refractivity contribution in [1.82, 2.24) is 55.7 Å². The lowest BCUT2D eigenvalue weighted by Gasteiger charge is -2.26. The highest BCUT2D eigenvalue weighted by Crippen LogP contribution is 2.21. The average molecular weight is 1530 g/mol. The topological polar surface area (TPSA) is 428 Å². The number of carbonyl (C=O) groups excluding carboxylic acids is 7. The van der Waals surface area contributed by atoms with Crippen LogP contribution in [0.2, 0.25) is 0 Å². The fourth-order valence-corrected chi connectivity index (χ4v) is 9.27. The molecule has 1 aromatic carbocycles. The van der Waals surface area contributed by atoms with Crippen molar-refractivity contribution in [2.75, 3.05) is 244 Å². The van der Waals surface area contributed by atoms with Crippen molar-refractivity contribution in [2.45, 2.75) is 78.0 Å². The number of urea groups is 1. The second-order valence-corrected chi connectivity index (χ2v) is 23.7. The van der Waals surface area contributed by atoms with Crippen molar-refractivity contribution in [1.29, 1.82) is 0 Å². The Hall–Kier alpha value is -7.35. The van der Waals surface area contributed by atoms with Crippen LogP contribution in [0.15, 0.2) is 42.7 Å². The highest BCUT2D eigenvalue weighted by Gasteiger charge is 2.30. The number of imide groups is 1. The lowest BCUT2D eigenvalue weighted by atomic mass is 10.0. The van der Waals surface area contributed by atoms with Crippen molar-refractivity contribution in [3.05, 3.63) is 72.2 Å². The number of ether oxygens (including phenoxy) is 18. The van der Waals surface area contributed by atoms with Crippen LogP contribution in [-0.2, 0) is 142 Å².